The molecule has 0 atom stereocenters. The Bertz CT molecular complexity index is 897. The van der Waals surface area contributed by atoms with Gasteiger partial charge in [0, 0.05) is 36.3 Å². The molecule has 0 unspecified atom stereocenters. The largest absolute Gasteiger partial charge is 0.492 e. The average molecular weight is 379 g/mol. The number of aromatic amines is 1. The fourth-order valence-electron chi connectivity index (χ4n) is 4.03. The van der Waals surface area contributed by atoms with Crippen LogP contribution in [0.5, 0.6) is 5.75 Å². The van der Waals surface area contributed by atoms with Crippen molar-refractivity contribution >= 4 is 11.0 Å². The lowest BCUT2D eigenvalue weighted by Crippen LogP contribution is -2.28. The van der Waals surface area contributed by atoms with E-state index in [4.69, 9.17) is 4.74 Å². The predicted octanol–water partition coefficient (Wildman–Crippen LogP) is 3.85. The maximum atomic E-state index is 5.91. The number of benzene rings is 1. The van der Waals surface area contributed by atoms with E-state index in [1.807, 2.05) is 24.4 Å². The Labute approximate surface area is 167 Å². The van der Waals surface area contributed by atoms with Gasteiger partial charge >= 0.3 is 0 Å². The number of aryl methyl sites for hydroxylation is 1. The van der Waals surface area contributed by atoms with Crippen molar-refractivity contribution in [3.8, 4) is 5.75 Å². The second-order valence-electron chi connectivity index (χ2n) is 7.84. The Morgan fingerprint density at radius 1 is 1.14 bits per heavy atom. The molecule has 0 amide bonds. The minimum Gasteiger partial charge on any atom is -0.492 e. The summed E-state index contributed by atoms with van der Waals surface area (Å²) in [4.78, 5) is 10.5. The number of aromatic nitrogens is 2. The minimum atomic E-state index is 0.586. The van der Waals surface area contributed by atoms with Crippen LogP contribution >= 0.6 is 0 Å². The van der Waals surface area contributed by atoms with Crippen molar-refractivity contribution in [1.29, 1.82) is 0 Å². The first-order valence-corrected chi connectivity index (χ1v) is 10.2. The van der Waals surface area contributed by atoms with Gasteiger partial charge in [-0.15, -0.1) is 0 Å². The predicted molar refractivity (Wildman–Crippen MR) is 114 cm³/mol. The molecule has 4 rings (SSSR count). The number of ether oxygens (including phenoxy) is 1. The van der Waals surface area contributed by atoms with Gasteiger partial charge in [0.1, 0.15) is 18.0 Å². The minimum absolute atomic E-state index is 0.586. The number of H-pyrrole nitrogens is 1. The summed E-state index contributed by atoms with van der Waals surface area (Å²) in [5.74, 6) is 1.52. The lowest BCUT2D eigenvalue weighted by Gasteiger charge is -2.24. The van der Waals surface area contributed by atoms with Gasteiger partial charge in [0.25, 0.3) is 0 Å². The standard InChI is InChI=1S/C23H30N4O/c1-17-5-7-19(8-6-17)28-15-14-27(2)16-21-20-4-3-11-25-23(20)26-22(21)18-9-12-24-13-10-18/h3-8,11,18,24H,9-10,12-16H2,1-2H3,(H,25,26). The Morgan fingerprint density at radius 2 is 1.93 bits per heavy atom. The Morgan fingerprint density at radius 3 is 2.71 bits per heavy atom. The summed E-state index contributed by atoms with van der Waals surface area (Å²) in [7, 11) is 2.17. The Hall–Kier alpha value is -2.37. The highest BCUT2D eigenvalue weighted by molar-refractivity contribution is 5.81. The van der Waals surface area contributed by atoms with Gasteiger partial charge in [0.05, 0.1) is 0 Å². The zero-order chi connectivity index (χ0) is 19.3. The first kappa shape index (κ1) is 19.0. The quantitative estimate of drug-likeness (QED) is 0.656. The van der Waals surface area contributed by atoms with Crippen molar-refractivity contribution in [2.75, 3.05) is 33.3 Å². The molecule has 2 aromatic heterocycles. The van der Waals surface area contributed by atoms with Gasteiger partial charge < -0.3 is 15.0 Å². The molecular weight excluding hydrogens is 348 g/mol. The summed E-state index contributed by atoms with van der Waals surface area (Å²) in [6.07, 6.45) is 4.23. The van der Waals surface area contributed by atoms with Crippen LogP contribution in [-0.4, -0.2) is 48.2 Å². The first-order valence-electron chi connectivity index (χ1n) is 10.2. The molecule has 148 valence electrons. The van der Waals surface area contributed by atoms with E-state index >= 15 is 0 Å². The van der Waals surface area contributed by atoms with Gasteiger partial charge in [0.15, 0.2) is 0 Å². The number of hydrogen-bond acceptors (Lipinski definition) is 4. The molecular formula is C23H30N4O. The molecule has 1 aliphatic heterocycles. The summed E-state index contributed by atoms with van der Waals surface area (Å²) < 4.78 is 5.91. The zero-order valence-electron chi connectivity index (χ0n) is 16.9. The molecule has 0 saturated carbocycles. The molecule has 5 heteroatoms. The number of nitrogens with zero attached hydrogens (tertiary/aromatic N) is 2. The van der Waals surface area contributed by atoms with Gasteiger partial charge in [0.2, 0.25) is 0 Å². The summed E-state index contributed by atoms with van der Waals surface area (Å²) in [5.41, 5.74) is 5.03. The van der Waals surface area contributed by atoms with Crippen LogP contribution in [0.2, 0.25) is 0 Å². The summed E-state index contributed by atoms with van der Waals surface area (Å²) in [5, 5.41) is 4.72. The topological polar surface area (TPSA) is 53.2 Å². The number of pyridine rings is 1. The van der Waals surface area contributed by atoms with Gasteiger partial charge in [-0.05, 0) is 69.7 Å². The number of likely N-dealkylation sites (N-methyl/N-ethyl adjacent to an activating group) is 1. The van der Waals surface area contributed by atoms with E-state index in [0.29, 0.717) is 12.5 Å². The van der Waals surface area contributed by atoms with Crippen molar-refractivity contribution < 1.29 is 4.74 Å². The van der Waals surface area contributed by atoms with Gasteiger partial charge in [-0.3, -0.25) is 4.90 Å². The van der Waals surface area contributed by atoms with Gasteiger partial charge in [-0.1, -0.05) is 17.7 Å². The highest BCUT2D eigenvalue weighted by atomic mass is 16.5. The van der Waals surface area contributed by atoms with Gasteiger partial charge in [-0.2, -0.15) is 0 Å². The van der Waals surface area contributed by atoms with Crippen molar-refractivity contribution in [3.05, 3.63) is 59.4 Å². The van der Waals surface area contributed by atoms with Crippen molar-refractivity contribution in [1.82, 2.24) is 20.2 Å². The van der Waals surface area contributed by atoms with Crippen LogP contribution in [0, 0.1) is 6.92 Å². The molecule has 0 bridgehead atoms. The number of fused-ring (bicyclic) bond motifs is 1. The third-order valence-corrected chi connectivity index (χ3v) is 5.65. The molecule has 1 aromatic carbocycles. The molecule has 2 N–H and O–H groups in total. The number of nitrogens with one attached hydrogen (secondary N) is 2. The smallest absolute Gasteiger partial charge is 0.137 e. The van der Waals surface area contributed by atoms with Crippen LogP contribution in [0.4, 0.5) is 0 Å². The maximum Gasteiger partial charge on any atom is 0.137 e. The van der Waals surface area contributed by atoms with Crippen LogP contribution in [0.3, 0.4) is 0 Å². The highest BCUT2D eigenvalue weighted by Gasteiger charge is 2.23. The Kier molecular flexibility index (Phi) is 5.93. The molecule has 3 heterocycles. The fourth-order valence-corrected chi connectivity index (χ4v) is 4.03. The van der Waals surface area contributed by atoms with Crippen LogP contribution in [0.25, 0.3) is 11.0 Å². The third-order valence-electron chi connectivity index (χ3n) is 5.65. The monoisotopic (exact) mass is 378 g/mol. The molecule has 28 heavy (non-hydrogen) atoms. The van der Waals surface area contributed by atoms with Crippen molar-refractivity contribution in [3.63, 3.8) is 0 Å². The molecule has 0 aliphatic carbocycles. The third kappa shape index (κ3) is 4.37. The van der Waals surface area contributed by atoms with E-state index in [-0.39, 0.29) is 0 Å². The lowest BCUT2D eigenvalue weighted by molar-refractivity contribution is 0.232. The summed E-state index contributed by atoms with van der Waals surface area (Å²) in [6, 6.07) is 12.5. The van der Waals surface area contributed by atoms with Crippen LogP contribution in [0.15, 0.2) is 42.6 Å². The maximum absolute atomic E-state index is 5.91. The highest BCUT2D eigenvalue weighted by Crippen LogP contribution is 2.32. The number of rotatable bonds is 7. The summed E-state index contributed by atoms with van der Waals surface area (Å²) in [6.45, 7) is 6.74. The number of piperidine rings is 1. The van der Waals surface area contributed by atoms with Crippen molar-refractivity contribution in [2.45, 2.75) is 32.2 Å². The first-order chi connectivity index (χ1) is 13.7. The zero-order valence-corrected chi connectivity index (χ0v) is 16.9. The molecule has 3 aromatic rings. The van der Waals surface area contributed by atoms with E-state index < -0.39 is 0 Å². The van der Waals surface area contributed by atoms with Crippen LogP contribution in [0.1, 0.15) is 35.6 Å². The molecule has 0 radical (unpaired) electrons. The fraction of sp³-hybridized carbons (Fsp3) is 0.435. The molecule has 0 spiro atoms. The number of hydrogen-bond donors (Lipinski definition) is 2. The van der Waals surface area contributed by atoms with E-state index in [1.54, 1.807) is 0 Å². The van der Waals surface area contributed by atoms with E-state index in [1.165, 1.54) is 35.0 Å². The second-order valence-corrected chi connectivity index (χ2v) is 7.84. The van der Waals surface area contributed by atoms with E-state index in [9.17, 15) is 0 Å². The SMILES string of the molecule is Cc1ccc(OCCN(C)Cc2c(C3CCNCC3)[nH]c3ncccc23)cc1. The second kappa shape index (κ2) is 8.76. The molecule has 1 fully saturated rings. The molecule has 5 nitrogen and oxygen atoms in total. The lowest BCUT2D eigenvalue weighted by atomic mass is 9.91. The van der Waals surface area contributed by atoms with Crippen LogP contribution in [-0.2, 0) is 6.54 Å². The normalized spacial score (nSPS) is 15.4. The summed E-state index contributed by atoms with van der Waals surface area (Å²) >= 11 is 0. The Balaban J connectivity index is 1.44. The van der Waals surface area contributed by atoms with Crippen molar-refractivity contribution in [2.24, 2.45) is 0 Å². The molecule has 1 saturated heterocycles. The van der Waals surface area contributed by atoms with E-state index in [2.05, 4.69) is 52.4 Å². The van der Waals surface area contributed by atoms with Gasteiger partial charge in [-0.25, -0.2) is 4.98 Å². The van der Waals surface area contributed by atoms with Crippen LogP contribution < -0.4 is 10.1 Å². The molecule has 1 aliphatic rings. The van der Waals surface area contributed by atoms with E-state index in [0.717, 1.165) is 37.6 Å². The average Bonchev–Trinajstić information content (AvgIpc) is 3.09.